The number of nitrogens with one attached hydrogen (secondary N) is 4. The Labute approximate surface area is 181 Å². The molecular formula is C19H34N4O8. The first kappa shape index (κ1) is 28.1. The number of hydrogen-bond donors (Lipinski definition) is 7. The summed E-state index contributed by atoms with van der Waals surface area (Å²) in [4.78, 5) is 56.6. The maximum Gasteiger partial charge on any atom is 0.326 e. The Morgan fingerprint density at radius 3 is 1.84 bits per heavy atom. The van der Waals surface area contributed by atoms with Crippen LogP contribution in [0.15, 0.2) is 0 Å². The first-order valence-corrected chi connectivity index (χ1v) is 10.3. The summed E-state index contributed by atoms with van der Waals surface area (Å²) in [5, 5.41) is 36.9. The normalized spacial score (nSPS) is 12.4. The van der Waals surface area contributed by atoms with Crippen molar-refractivity contribution in [2.24, 2.45) is 0 Å². The van der Waals surface area contributed by atoms with Crippen LogP contribution < -0.4 is 21.3 Å². The Kier molecular flexibility index (Phi) is 15.3. The number of carboxylic acid groups (broad SMARTS) is 3. The molecule has 12 heteroatoms. The van der Waals surface area contributed by atoms with Gasteiger partial charge in [0.1, 0.15) is 12.1 Å². The molecule has 0 fully saturated rings. The van der Waals surface area contributed by atoms with Gasteiger partial charge in [0.05, 0.1) is 0 Å². The zero-order valence-corrected chi connectivity index (χ0v) is 17.8. The lowest BCUT2D eigenvalue weighted by Crippen LogP contribution is -2.51. The minimum absolute atomic E-state index is 0.0576. The van der Waals surface area contributed by atoms with E-state index in [4.69, 9.17) is 10.2 Å². The molecule has 0 unspecified atom stereocenters. The van der Waals surface area contributed by atoms with Gasteiger partial charge in [-0.3, -0.25) is 9.59 Å². The SMILES string of the molecule is CNCCCCCC(=O)NCCCC[C@H](NC(=O)N[C@@H](CCC(=O)O)C(=O)O)C(=O)O. The zero-order chi connectivity index (χ0) is 23.6. The summed E-state index contributed by atoms with van der Waals surface area (Å²) in [6.45, 7) is 1.31. The number of carbonyl (C=O) groups is 5. The monoisotopic (exact) mass is 446 g/mol. The van der Waals surface area contributed by atoms with Gasteiger partial charge in [0.25, 0.3) is 0 Å². The molecule has 0 aromatic heterocycles. The van der Waals surface area contributed by atoms with Crippen LogP contribution in [0.3, 0.4) is 0 Å². The molecule has 2 atom stereocenters. The number of rotatable bonds is 18. The van der Waals surface area contributed by atoms with Gasteiger partial charge >= 0.3 is 23.9 Å². The van der Waals surface area contributed by atoms with Crippen LogP contribution in [0.2, 0.25) is 0 Å². The van der Waals surface area contributed by atoms with Crippen molar-refractivity contribution in [3.8, 4) is 0 Å². The van der Waals surface area contributed by atoms with E-state index in [1.54, 1.807) is 0 Å². The van der Waals surface area contributed by atoms with Gasteiger partial charge in [0.15, 0.2) is 0 Å². The summed E-state index contributed by atoms with van der Waals surface area (Å²) >= 11 is 0. The second-order valence-corrected chi connectivity index (χ2v) is 7.09. The minimum atomic E-state index is -1.45. The topological polar surface area (TPSA) is 194 Å². The molecule has 0 heterocycles. The lowest BCUT2D eigenvalue weighted by atomic mass is 10.1. The van der Waals surface area contributed by atoms with E-state index in [0.717, 1.165) is 25.8 Å². The summed E-state index contributed by atoms with van der Waals surface area (Å²) in [7, 11) is 1.87. The fourth-order valence-electron chi connectivity index (χ4n) is 2.69. The van der Waals surface area contributed by atoms with Crippen LogP contribution in [0.5, 0.6) is 0 Å². The number of unbranched alkanes of at least 4 members (excludes halogenated alkanes) is 3. The Bertz CT molecular complexity index is 599. The van der Waals surface area contributed by atoms with E-state index < -0.39 is 42.4 Å². The lowest BCUT2D eigenvalue weighted by Gasteiger charge is -2.18. The van der Waals surface area contributed by atoms with Crippen LogP contribution in [-0.2, 0) is 19.2 Å². The molecule has 0 bridgehead atoms. The lowest BCUT2D eigenvalue weighted by molar-refractivity contribution is -0.140. The molecule has 0 saturated carbocycles. The molecule has 0 rings (SSSR count). The molecule has 0 aromatic carbocycles. The van der Waals surface area contributed by atoms with Crippen molar-refractivity contribution >= 4 is 29.8 Å². The van der Waals surface area contributed by atoms with E-state index in [1.165, 1.54) is 0 Å². The molecular weight excluding hydrogens is 412 g/mol. The third-order valence-electron chi connectivity index (χ3n) is 4.43. The fourth-order valence-corrected chi connectivity index (χ4v) is 2.69. The van der Waals surface area contributed by atoms with Crippen molar-refractivity contribution < 1.29 is 39.3 Å². The predicted octanol–water partition coefficient (Wildman–Crippen LogP) is 0.123. The highest BCUT2D eigenvalue weighted by Gasteiger charge is 2.24. The van der Waals surface area contributed by atoms with Crippen molar-refractivity contribution in [2.75, 3.05) is 20.1 Å². The number of hydrogen-bond acceptors (Lipinski definition) is 6. The van der Waals surface area contributed by atoms with Crippen molar-refractivity contribution in [3.05, 3.63) is 0 Å². The van der Waals surface area contributed by atoms with Crippen LogP contribution in [-0.4, -0.2) is 77.4 Å². The Morgan fingerprint density at radius 1 is 0.710 bits per heavy atom. The van der Waals surface area contributed by atoms with Gasteiger partial charge in [-0.15, -0.1) is 0 Å². The molecule has 3 amide bonds. The molecule has 0 radical (unpaired) electrons. The van der Waals surface area contributed by atoms with E-state index in [2.05, 4.69) is 21.3 Å². The molecule has 0 aliphatic carbocycles. The van der Waals surface area contributed by atoms with Gasteiger partial charge < -0.3 is 36.6 Å². The van der Waals surface area contributed by atoms with E-state index in [-0.39, 0.29) is 18.7 Å². The molecule has 0 aliphatic rings. The standard InChI is InChI=1S/C19H34N4O8/c1-20-11-5-2-3-8-15(24)21-12-6-4-7-13(17(27)28)22-19(31)23-14(18(29)30)9-10-16(25)26/h13-14,20H,2-12H2,1H3,(H,21,24)(H,25,26)(H,27,28)(H,29,30)(H2,22,23,31)/t13-,14-/m0/s1. The number of aliphatic carboxylic acids is 3. The average Bonchev–Trinajstić information content (AvgIpc) is 2.69. The highest BCUT2D eigenvalue weighted by atomic mass is 16.4. The van der Waals surface area contributed by atoms with Crippen molar-refractivity contribution in [3.63, 3.8) is 0 Å². The third-order valence-corrected chi connectivity index (χ3v) is 4.43. The first-order chi connectivity index (χ1) is 14.7. The van der Waals surface area contributed by atoms with Gasteiger partial charge in [0, 0.05) is 19.4 Å². The molecule has 178 valence electrons. The van der Waals surface area contributed by atoms with Crippen molar-refractivity contribution in [1.82, 2.24) is 21.3 Å². The number of amides is 3. The largest absolute Gasteiger partial charge is 0.481 e. The quantitative estimate of drug-likeness (QED) is 0.143. The molecule has 0 spiro atoms. The highest BCUT2D eigenvalue weighted by Crippen LogP contribution is 2.03. The van der Waals surface area contributed by atoms with E-state index in [1.807, 2.05) is 7.05 Å². The maximum atomic E-state index is 11.9. The van der Waals surface area contributed by atoms with Crippen LogP contribution in [0.25, 0.3) is 0 Å². The summed E-state index contributed by atoms with van der Waals surface area (Å²) in [5.74, 6) is -3.96. The van der Waals surface area contributed by atoms with Gasteiger partial charge in [0.2, 0.25) is 5.91 Å². The summed E-state index contributed by atoms with van der Waals surface area (Å²) in [6, 6.07) is -3.69. The number of urea groups is 1. The summed E-state index contributed by atoms with van der Waals surface area (Å²) in [6.07, 6.45) is 3.46. The van der Waals surface area contributed by atoms with Crippen LogP contribution in [0.4, 0.5) is 4.79 Å². The second kappa shape index (κ2) is 16.9. The summed E-state index contributed by atoms with van der Waals surface area (Å²) < 4.78 is 0. The summed E-state index contributed by atoms with van der Waals surface area (Å²) in [5.41, 5.74) is 0. The highest BCUT2D eigenvalue weighted by molar-refractivity contribution is 5.86. The van der Waals surface area contributed by atoms with E-state index in [0.29, 0.717) is 25.8 Å². The Balaban J connectivity index is 4.19. The minimum Gasteiger partial charge on any atom is -0.481 e. The van der Waals surface area contributed by atoms with Crippen LogP contribution in [0.1, 0.15) is 57.8 Å². The van der Waals surface area contributed by atoms with E-state index in [9.17, 15) is 29.1 Å². The molecule has 0 aliphatic heterocycles. The Morgan fingerprint density at radius 2 is 1.29 bits per heavy atom. The van der Waals surface area contributed by atoms with Gasteiger partial charge in [-0.2, -0.15) is 0 Å². The second-order valence-electron chi connectivity index (χ2n) is 7.09. The van der Waals surface area contributed by atoms with Crippen molar-refractivity contribution in [2.45, 2.75) is 69.9 Å². The van der Waals surface area contributed by atoms with E-state index >= 15 is 0 Å². The zero-order valence-electron chi connectivity index (χ0n) is 17.8. The molecule has 31 heavy (non-hydrogen) atoms. The van der Waals surface area contributed by atoms with Gasteiger partial charge in [-0.05, 0) is 52.1 Å². The van der Waals surface area contributed by atoms with Crippen molar-refractivity contribution in [1.29, 1.82) is 0 Å². The number of carboxylic acids is 3. The van der Waals surface area contributed by atoms with Gasteiger partial charge in [-0.25, -0.2) is 14.4 Å². The maximum absolute atomic E-state index is 11.9. The molecule has 0 aromatic rings. The Hall–Kier alpha value is -2.89. The average molecular weight is 447 g/mol. The van der Waals surface area contributed by atoms with Crippen LogP contribution in [0, 0.1) is 0 Å². The molecule has 0 saturated heterocycles. The predicted molar refractivity (Wildman–Crippen MR) is 111 cm³/mol. The van der Waals surface area contributed by atoms with Gasteiger partial charge in [-0.1, -0.05) is 6.42 Å². The molecule has 7 N–H and O–H groups in total. The third kappa shape index (κ3) is 15.6. The van der Waals surface area contributed by atoms with Crippen LogP contribution >= 0.6 is 0 Å². The first-order valence-electron chi connectivity index (χ1n) is 10.3. The number of carbonyl (C=O) groups excluding carboxylic acids is 2. The molecule has 12 nitrogen and oxygen atoms in total. The fraction of sp³-hybridized carbons (Fsp3) is 0.737. The smallest absolute Gasteiger partial charge is 0.326 e.